The first-order valence-corrected chi connectivity index (χ1v) is 9.74. The number of ketones is 1. The highest BCUT2D eigenvalue weighted by Crippen LogP contribution is 2.47. The van der Waals surface area contributed by atoms with Gasteiger partial charge in [-0.2, -0.15) is 0 Å². The number of hydrogen-bond acceptors (Lipinski definition) is 2. The lowest BCUT2D eigenvalue weighted by molar-refractivity contribution is 0.0878. The molecule has 140 valence electrons. The van der Waals surface area contributed by atoms with E-state index >= 15 is 0 Å². The lowest BCUT2D eigenvalue weighted by Gasteiger charge is -2.36. The summed E-state index contributed by atoms with van der Waals surface area (Å²) in [4.78, 5) is 13.7. The van der Waals surface area contributed by atoms with Gasteiger partial charge in [0.1, 0.15) is 5.75 Å². The van der Waals surface area contributed by atoms with Gasteiger partial charge < -0.3 is 5.11 Å². The average molecular weight is 368 g/mol. The van der Waals surface area contributed by atoms with Crippen molar-refractivity contribution in [2.45, 2.75) is 25.2 Å². The standard InChI is InChI=1S/C26H24O2/c1-18-16-22(19-10-4-2-5-11-19)25(23(17-18)20-12-6-3-7-13-20)26(28)21-14-8-9-15-24(21)27/h2-16,22-23,25,27H,17H2,1H3/t22?,23-,25+/m0/s1. The summed E-state index contributed by atoms with van der Waals surface area (Å²) in [5, 5.41) is 10.3. The highest BCUT2D eigenvalue weighted by molar-refractivity contribution is 6.01. The largest absolute Gasteiger partial charge is 0.507 e. The molecule has 1 unspecified atom stereocenters. The first kappa shape index (κ1) is 18.2. The molecule has 1 aliphatic rings. The van der Waals surface area contributed by atoms with Crippen LogP contribution >= 0.6 is 0 Å². The minimum Gasteiger partial charge on any atom is -0.507 e. The van der Waals surface area contributed by atoms with Crippen LogP contribution in [0.3, 0.4) is 0 Å². The van der Waals surface area contributed by atoms with Crippen molar-refractivity contribution in [2.75, 3.05) is 0 Å². The highest BCUT2D eigenvalue weighted by Gasteiger charge is 2.39. The third kappa shape index (κ3) is 3.50. The SMILES string of the molecule is CC1=CC(c2ccccc2)[C@@H](C(=O)c2ccccc2O)[C@H](c2ccccc2)C1. The molecule has 0 saturated carbocycles. The summed E-state index contributed by atoms with van der Waals surface area (Å²) in [5.41, 5.74) is 4.01. The van der Waals surface area contributed by atoms with Crippen LogP contribution in [0.4, 0.5) is 0 Å². The molecule has 0 aromatic heterocycles. The van der Waals surface area contributed by atoms with E-state index in [2.05, 4.69) is 37.3 Å². The number of para-hydroxylation sites is 1. The molecular formula is C26H24O2. The fourth-order valence-electron chi connectivity index (χ4n) is 4.41. The summed E-state index contributed by atoms with van der Waals surface area (Å²) >= 11 is 0. The second kappa shape index (κ2) is 7.85. The van der Waals surface area contributed by atoms with Gasteiger partial charge in [0.25, 0.3) is 0 Å². The molecule has 0 bridgehead atoms. The van der Waals surface area contributed by atoms with Crippen LogP contribution in [0.5, 0.6) is 5.75 Å². The van der Waals surface area contributed by atoms with Gasteiger partial charge in [0.2, 0.25) is 0 Å². The van der Waals surface area contributed by atoms with Gasteiger partial charge in [-0.15, -0.1) is 0 Å². The molecule has 0 saturated heterocycles. The van der Waals surface area contributed by atoms with Crippen molar-refractivity contribution >= 4 is 5.78 Å². The van der Waals surface area contributed by atoms with E-state index in [0.717, 1.165) is 12.0 Å². The average Bonchev–Trinajstić information content (AvgIpc) is 2.74. The summed E-state index contributed by atoms with van der Waals surface area (Å²) in [6.45, 7) is 2.15. The maximum atomic E-state index is 13.7. The van der Waals surface area contributed by atoms with Gasteiger partial charge >= 0.3 is 0 Å². The predicted octanol–water partition coefficient (Wildman–Crippen LogP) is 6.11. The molecule has 2 nitrogen and oxygen atoms in total. The maximum absolute atomic E-state index is 13.7. The van der Waals surface area contributed by atoms with Crippen LogP contribution in [0.2, 0.25) is 0 Å². The molecule has 1 N–H and O–H groups in total. The van der Waals surface area contributed by atoms with Crippen molar-refractivity contribution in [1.82, 2.24) is 0 Å². The molecule has 0 radical (unpaired) electrons. The Kier molecular flexibility index (Phi) is 5.12. The second-order valence-electron chi connectivity index (χ2n) is 7.58. The van der Waals surface area contributed by atoms with Gasteiger partial charge in [0, 0.05) is 11.8 Å². The highest BCUT2D eigenvalue weighted by atomic mass is 16.3. The van der Waals surface area contributed by atoms with Gasteiger partial charge in [-0.1, -0.05) is 84.4 Å². The van der Waals surface area contributed by atoms with Gasteiger partial charge in [-0.05, 0) is 42.5 Å². The van der Waals surface area contributed by atoms with E-state index in [1.807, 2.05) is 42.5 Å². The van der Waals surface area contributed by atoms with Crippen molar-refractivity contribution in [1.29, 1.82) is 0 Å². The zero-order chi connectivity index (χ0) is 19.5. The topological polar surface area (TPSA) is 37.3 Å². The van der Waals surface area contributed by atoms with Crippen molar-refractivity contribution in [3.8, 4) is 5.75 Å². The van der Waals surface area contributed by atoms with E-state index in [4.69, 9.17) is 0 Å². The molecule has 0 heterocycles. The van der Waals surface area contributed by atoms with Crippen molar-refractivity contribution in [3.05, 3.63) is 113 Å². The Morgan fingerprint density at radius 3 is 2.04 bits per heavy atom. The molecule has 1 aliphatic carbocycles. The maximum Gasteiger partial charge on any atom is 0.171 e. The van der Waals surface area contributed by atoms with E-state index in [9.17, 15) is 9.90 Å². The van der Waals surface area contributed by atoms with Crippen LogP contribution in [0, 0.1) is 5.92 Å². The van der Waals surface area contributed by atoms with Crippen LogP contribution < -0.4 is 0 Å². The van der Waals surface area contributed by atoms with E-state index in [1.54, 1.807) is 18.2 Å². The molecule has 3 aromatic rings. The predicted molar refractivity (Wildman–Crippen MR) is 113 cm³/mol. The Morgan fingerprint density at radius 2 is 1.39 bits per heavy atom. The summed E-state index contributed by atoms with van der Waals surface area (Å²) in [6, 6.07) is 27.4. The van der Waals surface area contributed by atoms with Gasteiger partial charge in [0.05, 0.1) is 5.56 Å². The Morgan fingerprint density at radius 1 is 0.821 bits per heavy atom. The lowest BCUT2D eigenvalue weighted by Crippen LogP contribution is -2.31. The molecular weight excluding hydrogens is 344 g/mol. The summed E-state index contributed by atoms with van der Waals surface area (Å²) < 4.78 is 0. The minimum atomic E-state index is -0.262. The number of phenols is 1. The van der Waals surface area contributed by atoms with E-state index in [1.165, 1.54) is 11.1 Å². The fraction of sp³-hybridized carbons (Fsp3) is 0.192. The van der Waals surface area contributed by atoms with Gasteiger partial charge in [-0.3, -0.25) is 4.79 Å². The zero-order valence-corrected chi connectivity index (χ0v) is 16.0. The zero-order valence-electron chi connectivity index (χ0n) is 16.0. The number of rotatable bonds is 4. The molecule has 2 heteroatoms. The summed E-state index contributed by atoms with van der Waals surface area (Å²) in [7, 11) is 0. The van der Waals surface area contributed by atoms with Gasteiger partial charge in [-0.25, -0.2) is 0 Å². The first-order valence-electron chi connectivity index (χ1n) is 9.74. The molecule has 0 aliphatic heterocycles. The molecule has 3 atom stereocenters. The minimum absolute atomic E-state index is 0.00422. The Bertz CT molecular complexity index is 989. The molecule has 4 rings (SSSR count). The van der Waals surface area contributed by atoms with E-state index < -0.39 is 0 Å². The molecule has 28 heavy (non-hydrogen) atoms. The number of aromatic hydroxyl groups is 1. The third-order valence-corrected chi connectivity index (χ3v) is 5.71. The monoisotopic (exact) mass is 368 g/mol. The van der Waals surface area contributed by atoms with Crippen LogP contribution in [-0.4, -0.2) is 10.9 Å². The third-order valence-electron chi connectivity index (χ3n) is 5.71. The van der Waals surface area contributed by atoms with E-state index in [0.29, 0.717) is 5.56 Å². The first-order chi connectivity index (χ1) is 13.6. The summed E-state index contributed by atoms with van der Waals surface area (Å²) in [6.07, 6.45) is 3.08. The lowest BCUT2D eigenvalue weighted by atomic mass is 9.66. The van der Waals surface area contributed by atoms with Crippen LogP contribution in [0.15, 0.2) is 96.6 Å². The van der Waals surface area contributed by atoms with Crippen molar-refractivity contribution in [2.24, 2.45) is 5.92 Å². The molecule has 0 fully saturated rings. The van der Waals surface area contributed by atoms with Gasteiger partial charge in [0.15, 0.2) is 5.78 Å². The molecule has 0 amide bonds. The molecule has 3 aromatic carbocycles. The number of carbonyl (C=O) groups is 1. The second-order valence-corrected chi connectivity index (χ2v) is 7.58. The number of hydrogen-bond donors (Lipinski definition) is 1. The number of Topliss-reactive ketones (excluding diaryl/α,β-unsaturated/α-hetero) is 1. The number of phenolic OH excluding ortho intramolecular Hbond substituents is 1. The Labute approximate surface area is 166 Å². The number of carbonyl (C=O) groups excluding carboxylic acids is 1. The van der Waals surface area contributed by atoms with Crippen molar-refractivity contribution in [3.63, 3.8) is 0 Å². The quantitative estimate of drug-likeness (QED) is 0.446. The summed E-state index contributed by atoms with van der Waals surface area (Å²) in [5.74, 6) is -0.153. The normalized spacial score (nSPS) is 21.8. The van der Waals surface area contributed by atoms with Crippen molar-refractivity contribution < 1.29 is 9.90 Å². The molecule has 0 spiro atoms. The van der Waals surface area contributed by atoms with Crippen LogP contribution in [0.25, 0.3) is 0 Å². The Balaban J connectivity index is 1.86. The van der Waals surface area contributed by atoms with Crippen LogP contribution in [0.1, 0.15) is 46.7 Å². The van der Waals surface area contributed by atoms with Crippen LogP contribution in [-0.2, 0) is 0 Å². The fourth-order valence-corrected chi connectivity index (χ4v) is 4.41. The smallest absolute Gasteiger partial charge is 0.171 e. The number of benzene rings is 3. The van der Waals surface area contributed by atoms with E-state index in [-0.39, 0.29) is 29.3 Å². The Hall–Kier alpha value is -3.13. The number of allylic oxidation sites excluding steroid dienone is 2.